The van der Waals surface area contributed by atoms with Crippen LogP contribution in [0.1, 0.15) is 32.1 Å². The summed E-state index contributed by atoms with van der Waals surface area (Å²) in [6, 6.07) is 16.8. The number of fused-ring (bicyclic) bond motifs is 1. The molecule has 1 aromatic heterocycles. The van der Waals surface area contributed by atoms with Crippen LogP contribution < -0.4 is 10.6 Å². The van der Waals surface area contributed by atoms with Gasteiger partial charge in [0.2, 0.25) is 0 Å². The molecule has 0 bridgehead atoms. The number of aromatic amines is 1. The topological polar surface area (TPSA) is 52.7 Å². The highest BCUT2D eigenvalue weighted by Crippen LogP contribution is 2.22. The van der Waals surface area contributed by atoms with Crippen LogP contribution in [-0.4, -0.2) is 21.1 Å². The Balaban J connectivity index is 1.41. The van der Waals surface area contributed by atoms with Gasteiger partial charge in [0.1, 0.15) is 5.82 Å². The summed E-state index contributed by atoms with van der Waals surface area (Å²) < 4.78 is 0. The van der Waals surface area contributed by atoms with Crippen LogP contribution in [0, 0.1) is 0 Å². The smallest absolute Gasteiger partial charge is 0.170 e. The number of nitrogens with one attached hydrogen (secondary N) is 3. The van der Waals surface area contributed by atoms with Crippen LogP contribution in [0.15, 0.2) is 48.5 Å². The molecular weight excluding hydrogens is 328 g/mol. The van der Waals surface area contributed by atoms with E-state index in [4.69, 9.17) is 12.2 Å². The van der Waals surface area contributed by atoms with Gasteiger partial charge in [-0.1, -0.05) is 31.4 Å². The van der Waals surface area contributed by atoms with Gasteiger partial charge in [0.25, 0.3) is 0 Å². The Morgan fingerprint density at radius 3 is 2.52 bits per heavy atom. The standard InChI is InChI=1S/C20H22N4S/c25-20(21-15-6-2-1-3-7-15)22-16-12-10-14(11-13-16)19-23-17-8-4-5-9-18(17)24-19/h4-5,8-13,15H,1-3,6-7H2,(H,23,24)(H2,21,22,25). The molecule has 2 aromatic carbocycles. The van der Waals surface area contributed by atoms with Crippen LogP contribution in [0.4, 0.5) is 5.69 Å². The number of thiocarbonyl (C=S) groups is 1. The van der Waals surface area contributed by atoms with Crippen molar-refractivity contribution in [3.8, 4) is 11.4 Å². The molecule has 5 heteroatoms. The van der Waals surface area contributed by atoms with E-state index in [9.17, 15) is 0 Å². The number of H-pyrrole nitrogens is 1. The van der Waals surface area contributed by atoms with Crippen molar-refractivity contribution in [2.45, 2.75) is 38.1 Å². The summed E-state index contributed by atoms with van der Waals surface area (Å²) in [5.41, 5.74) is 4.09. The molecular formula is C20H22N4S. The summed E-state index contributed by atoms with van der Waals surface area (Å²) in [7, 11) is 0. The number of hydrogen-bond acceptors (Lipinski definition) is 2. The van der Waals surface area contributed by atoms with Crippen molar-refractivity contribution in [3.05, 3.63) is 48.5 Å². The molecule has 1 saturated carbocycles. The molecule has 128 valence electrons. The maximum Gasteiger partial charge on any atom is 0.170 e. The number of anilines is 1. The Labute approximate surface area is 153 Å². The Morgan fingerprint density at radius 2 is 1.76 bits per heavy atom. The maximum absolute atomic E-state index is 5.45. The monoisotopic (exact) mass is 350 g/mol. The third-order valence-corrected chi connectivity index (χ3v) is 4.97. The quantitative estimate of drug-likeness (QED) is 0.591. The number of imidazole rings is 1. The average molecular weight is 350 g/mol. The van der Waals surface area contributed by atoms with Gasteiger partial charge in [-0.05, 0) is 61.5 Å². The Bertz CT molecular complexity index is 830. The first-order valence-corrected chi connectivity index (χ1v) is 9.31. The van der Waals surface area contributed by atoms with Crippen molar-refractivity contribution in [1.29, 1.82) is 0 Å². The van der Waals surface area contributed by atoms with Crippen molar-refractivity contribution >= 4 is 34.1 Å². The molecule has 1 aliphatic rings. The van der Waals surface area contributed by atoms with Crippen molar-refractivity contribution in [2.24, 2.45) is 0 Å². The zero-order valence-corrected chi connectivity index (χ0v) is 14.9. The van der Waals surface area contributed by atoms with Crippen LogP contribution in [0.3, 0.4) is 0 Å². The molecule has 0 radical (unpaired) electrons. The SMILES string of the molecule is S=C(Nc1ccc(-c2nc3ccccc3[nH]2)cc1)NC1CCCCC1. The molecule has 0 amide bonds. The zero-order valence-electron chi connectivity index (χ0n) is 14.1. The lowest BCUT2D eigenvalue weighted by atomic mass is 9.96. The first-order valence-electron chi connectivity index (χ1n) is 8.91. The number of rotatable bonds is 3. The summed E-state index contributed by atoms with van der Waals surface area (Å²) >= 11 is 5.45. The lowest BCUT2D eigenvalue weighted by molar-refractivity contribution is 0.415. The molecule has 0 aliphatic heterocycles. The van der Waals surface area contributed by atoms with Gasteiger partial charge in [0.05, 0.1) is 11.0 Å². The Morgan fingerprint density at radius 1 is 1.00 bits per heavy atom. The van der Waals surface area contributed by atoms with E-state index in [1.165, 1.54) is 32.1 Å². The molecule has 4 rings (SSSR count). The van der Waals surface area contributed by atoms with E-state index < -0.39 is 0 Å². The van der Waals surface area contributed by atoms with Gasteiger partial charge in [-0.25, -0.2) is 4.98 Å². The van der Waals surface area contributed by atoms with E-state index in [0.29, 0.717) is 11.2 Å². The fourth-order valence-corrected chi connectivity index (χ4v) is 3.68. The van der Waals surface area contributed by atoms with Crippen molar-refractivity contribution < 1.29 is 0 Å². The lowest BCUT2D eigenvalue weighted by Crippen LogP contribution is -2.38. The second-order valence-corrected chi connectivity index (χ2v) is 7.02. The van der Waals surface area contributed by atoms with Gasteiger partial charge in [-0.15, -0.1) is 0 Å². The fraction of sp³-hybridized carbons (Fsp3) is 0.300. The normalized spacial score (nSPS) is 15.2. The van der Waals surface area contributed by atoms with E-state index in [2.05, 4.69) is 32.7 Å². The predicted molar refractivity (Wildman–Crippen MR) is 108 cm³/mol. The first-order chi connectivity index (χ1) is 12.3. The molecule has 25 heavy (non-hydrogen) atoms. The summed E-state index contributed by atoms with van der Waals surface area (Å²) in [5.74, 6) is 0.885. The van der Waals surface area contributed by atoms with Crippen LogP contribution in [-0.2, 0) is 0 Å². The largest absolute Gasteiger partial charge is 0.360 e. The second-order valence-electron chi connectivity index (χ2n) is 6.61. The van der Waals surface area contributed by atoms with E-state index in [0.717, 1.165) is 28.1 Å². The third kappa shape index (κ3) is 3.82. The molecule has 1 aliphatic carbocycles. The highest BCUT2D eigenvalue weighted by molar-refractivity contribution is 7.80. The summed E-state index contributed by atoms with van der Waals surface area (Å²) in [4.78, 5) is 7.99. The minimum absolute atomic E-state index is 0.517. The molecule has 0 atom stereocenters. The highest BCUT2D eigenvalue weighted by Gasteiger charge is 2.14. The van der Waals surface area contributed by atoms with Crippen LogP contribution >= 0.6 is 12.2 Å². The van der Waals surface area contributed by atoms with Crippen molar-refractivity contribution in [1.82, 2.24) is 15.3 Å². The average Bonchev–Trinajstić information content (AvgIpc) is 3.07. The third-order valence-electron chi connectivity index (χ3n) is 4.75. The van der Waals surface area contributed by atoms with Crippen molar-refractivity contribution in [3.63, 3.8) is 0 Å². The van der Waals surface area contributed by atoms with Gasteiger partial charge in [0, 0.05) is 17.3 Å². The van der Waals surface area contributed by atoms with Gasteiger partial charge in [-0.2, -0.15) is 0 Å². The Kier molecular flexibility index (Phi) is 4.65. The van der Waals surface area contributed by atoms with Gasteiger partial charge < -0.3 is 15.6 Å². The zero-order chi connectivity index (χ0) is 17.1. The number of nitrogens with zero attached hydrogens (tertiary/aromatic N) is 1. The van der Waals surface area contributed by atoms with E-state index >= 15 is 0 Å². The van der Waals surface area contributed by atoms with E-state index in [1.807, 2.05) is 36.4 Å². The predicted octanol–water partition coefficient (Wildman–Crippen LogP) is 4.85. The number of benzene rings is 2. The number of para-hydroxylation sites is 2. The van der Waals surface area contributed by atoms with E-state index in [1.54, 1.807) is 0 Å². The molecule has 4 nitrogen and oxygen atoms in total. The van der Waals surface area contributed by atoms with Crippen LogP contribution in [0.25, 0.3) is 22.4 Å². The molecule has 3 N–H and O–H groups in total. The number of hydrogen-bond donors (Lipinski definition) is 3. The Hall–Kier alpha value is -2.40. The molecule has 1 heterocycles. The minimum atomic E-state index is 0.517. The first kappa shape index (κ1) is 16.1. The molecule has 1 fully saturated rings. The maximum atomic E-state index is 5.45. The summed E-state index contributed by atoms with van der Waals surface area (Å²) in [6.07, 6.45) is 6.38. The van der Waals surface area contributed by atoms with Gasteiger partial charge in [-0.3, -0.25) is 0 Å². The summed E-state index contributed by atoms with van der Waals surface area (Å²) in [5, 5.41) is 7.43. The fourth-order valence-electron chi connectivity index (χ4n) is 3.40. The lowest BCUT2D eigenvalue weighted by Gasteiger charge is -2.24. The van der Waals surface area contributed by atoms with Gasteiger partial charge in [0.15, 0.2) is 5.11 Å². The molecule has 0 unspecified atom stereocenters. The number of aromatic nitrogens is 2. The van der Waals surface area contributed by atoms with E-state index in [-0.39, 0.29) is 0 Å². The van der Waals surface area contributed by atoms with Crippen LogP contribution in [0.5, 0.6) is 0 Å². The van der Waals surface area contributed by atoms with Crippen LogP contribution in [0.2, 0.25) is 0 Å². The molecule has 3 aromatic rings. The van der Waals surface area contributed by atoms with Crippen molar-refractivity contribution in [2.75, 3.05) is 5.32 Å². The molecule has 0 spiro atoms. The minimum Gasteiger partial charge on any atom is -0.360 e. The van der Waals surface area contributed by atoms with Gasteiger partial charge >= 0.3 is 0 Å². The summed E-state index contributed by atoms with van der Waals surface area (Å²) in [6.45, 7) is 0. The molecule has 0 saturated heterocycles. The second kappa shape index (κ2) is 7.23. The highest BCUT2D eigenvalue weighted by atomic mass is 32.1.